The lowest BCUT2D eigenvalue weighted by atomic mass is 10.1. The molecule has 3 N–H and O–H groups in total. The normalized spacial score (nSPS) is 11.3. The highest BCUT2D eigenvalue weighted by atomic mass is 16.5. The molecule has 1 atom stereocenters. The van der Waals surface area contributed by atoms with Crippen LogP contribution in [-0.4, -0.2) is 40.1 Å². The van der Waals surface area contributed by atoms with Gasteiger partial charge in [-0.05, 0) is 23.3 Å². The first-order valence-electron chi connectivity index (χ1n) is 7.95. The van der Waals surface area contributed by atoms with Gasteiger partial charge in [0.05, 0.1) is 6.42 Å². The number of hydrogen-bond acceptors (Lipinski definition) is 5. The van der Waals surface area contributed by atoms with Gasteiger partial charge in [0.25, 0.3) is 0 Å². The second-order valence-corrected chi connectivity index (χ2v) is 5.65. The monoisotopic (exact) mass is 371 g/mol. The first kappa shape index (κ1) is 19.6. The number of esters is 1. The van der Waals surface area contributed by atoms with Crippen molar-refractivity contribution in [1.82, 2.24) is 5.32 Å². The standard InChI is InChI=1S/C19H17NO7/c21-16(11-12-4-2-1-3-5-12)27-14-8-6-13(7-9-14)10-15(18(23)24)20-17(22)19(25)26/h1-9,15H,10-11H2,(H,20,22)(H,23,24)(H,25,26)/t15-/m1/s1. The first-order valence-corrected chi connectivity index (χ1v) is 7.95. The summed E-state index contributed by atoms with van der Waals surface area (Å²) in [7, 11) is 0. The zero-order chi connectivity index (χ0) is 19.8. The van der Waals surface area contributed by atoms with Crippen molar-refractivity contribution in [3.63, 3.8) is 0 Å². The van der Waals surface area contributed by atoms with Crippen LogP contribution in [0.2, 0.25) is 0 Å². The van der Waals surface area contributed by atoms with Crippen LogP contribution in [0.4, 0.5) is 0 Å². The zero-order valence-electron chi connectivity index (χ0n) is 14.1. The molecule has 1 amide bonds. The predicted molar refractivity (Wildman–Crippen MR) is 93.1 cm³/mol. The van der Waals surface area contributed by atoms with Gasteiger partial charge in [-0.2, -0.15) is 0 Å². The van der Waals surface area contributed by atoms with Gasteiger partial charge in [-0.15, -0.1) is 0 Å². The van der Waals surface area contributed by atoms with Gasteiger partial charge in [0.1, 0.15) is 11.8 Å². The fourth-order valence-corrected chi connectivity index (χ4v) is 2.28. The minimum absolute atomic E-state index is 0.116. The minimum atomic E-state index is -1.76. The Bertz CT molecular complexity index is 831. The molecule has 0 saturated carbocycles. The average molecular weight is 371 g/mol. The third kappa shape index (κ3) is 6.28. The summed E-state index contributed by atoms with van der Waals surface area (Å²) in [6.45, 7) is 0. The van der Waals surface area contributed by atoms with Gasteiger partial charge >= 0.3 is 23.8 Å². The number of nitrogens with one attached hydrogen (secondary N) is 1. The molecule has 0 radical (unpaired) electrons. The number of carbonyl (C=O) groups is 4. The van der Waals surface area contributed by atoms with E-state index < -0.39 is 29.9 Å². The number of carbonyl (C=O) groups excluding carboxylic acids is 2. The zero-order valence-corrected chi connectivity index (χ0v) is 14.1. The van der Waals surface area contributed by atoms with Crippen LogP contribution in [0.15, 0.2) is 54.6 Å². The smallest absolute Gasteiger partial charge is 0.394 e. The Morgan fingerprint density at radius 1 is 0.889 bits per heavy atom. The Morgan fingerprint density at radius 2 is 1.52 bits per heavy atom. The number of amides is 1. The Labute approximate surface area is 154 Å². The van der Waals surface area contributed by atoms with Crippen molar-refractivity contribution in [2.24, 2.45) is 0 Å². The van der Waals surface area contributed by atoms with E-state index in [4.69, 9.17) is 14.9 Å². The topological polar surface area (TPSA) is 130 Å². The van der Waals surface area contributed by atoms with Gasteiger partial charge in [0.2, 0.25) is 0 Å². The van der Waals surface area contributed by atoms with E-state index in [-0.39, 0.29) is 12.8 Å². The lowest BCUT2D eigenvalue weighted by molar-refractivity contribution is -0.152. The third-order valence-electron chi connectivity index (χ3n) is 3.58. The number of benzene rings is 2. The highest BCUT2D eigenvalue weighted by Crippen LogP contribution is 2.15. The van der Waals surface area contributed by atoms with Crippen LogP contribution in [0.3, 0.4) is 0 Å². The van der Waals surface area contributed by atoms with E-state index >= 15 is 0 Å². The number of aliphatic carboxylic acids is 2. The molecule has 8 heteroatoms. The lowest BCUT2D eigenvalue weighted by Gasteiger charge is -2.13. The highest BCUT2D eigenvalue weighted by Gasteiger charge is 2.23. The summed E-state index contributed by atoms with van der Waals surface area (Å²) < 4.78 is 5.22. The van der Waals surface area contributed by atoms with E-state index in [1.54, 1.807) is 0 Å². The van der Waals surface area contributed by atoms with Gasteiger partial charge < -0.3 is 20.3 Å². The number of carboxylic acid groups (broad SMARTS) is 2. The molecule has 0 bridgehead atoms. The van der Waals surface area contributed by atoms with Crippen LogP contribution >= 0.6 is 0 Å². The number of ether oxygens (including phenoxy) is 1. The lowest BCUT2D eigenvalue weighted by Crippen LogP contribution is -2.45. The molecule has 0 spiro atoms. The average Bonchev–Trinajstić information content (AvgIpc) is 2.63. The number of carboxylic acids is 2. The summed E-state index contributed by atoms with van der Waals surface area (Å²) in [5.74, 6) is -4.66. The van der Waals surface area contributed by atoms with Crippen molar-refractivity contribution in [2.45, 2.75) is 18.9 Å². The predicted octanol–water partition coefficient (Wildman–Crippen LogP) is 1.03. The van der Waals surface area contributed by atoms with Gasteiger partial charge in [0, 0.05) is 6.42 Å². The number of hydrogen-bond donors (Lipinski definition) is 3. The number of rotatable bonds is 7. The molecule has 2 rings (SSSR count). The Balaban J connectivity index is 1.95. The highest BCUT2D eigenvalue weighted by molar-refractivity contribution is 6.31. The van der Waals surface area contributed by atoms with E-state index in [2.05, 4.69) is 0 Å². The summed E-state index contributed by atoms with van der Waals surface area (Å²) in [6.07, 6.45) is -0.00249. The van der Waals surface area contributed by atoms with E-state index in [0.29, 0.717) is 11.3 Å². The van der Waals surface area contributed by atoms with Gasteiger partial charge in [0.15, 0.2) is 0 Å². The van der Waals surface area contributed by atoms with Crippen LogP contribution in [0.1, 0.15) is 11.1 Å². The van der Waals surface area contributed by atoms with Crippen LogP contribution in [0.25, 0.3) is 0 Å². The maximum Gasteiger partial charge on any atom is 0.394 e. The Kier molecular flexibility index (Phi) is 6.65. The molecule has 0 heterocycles. The maximum absolute atomic E-state index is 11.9. The molecule has 0 aliphatic heterocycles. The van der Waals surface area contributed by atoms with Gasteiger partial charge in [-0.1, -0.05) is 42.5 Å². The van der Waals surface area contributed by atoms with E-state index in [1.165, 1.54) is 24.3 Å². The molecule has 140 valence electrons. The molecule has 0 fully saturated rings. The molecule has 2 aromatic rings. The van der Waals surface area contributed by atoms with Crippen LogP contribution in [0, 0.1) is 0 Å². The second kappa shape index (κ2) is 9.14. The third-order valence-corrected chi connectivity index (χ3v) is 3.58. The molecule has 0 saturated heterocycles. The van der Waals surface area contributed by atoms with Crippen molar-refractivity contribution < 1.29 is 34.1 Å². The fraction of sp³-hybridized carbons (Fsp3) is 0.158. The SMILES string of the molecule is O=C(Cc1ccccc1)Oc1ccc(C[C@@H](NC(=O)C(=O)O)C(=O)O)cc1. The van der Waals surface area contributed by atoms with Gasteiger partial charge in [-0.25, -0.2) is 9.59 Å². The van der Waals surface area contributed by atoms with Crippen LogP contribution < -0.4 is 10.1 Å². The van der Waals surface area contributed by atoms with Gasteiger partial charge in [-0.3, -0.25) is 9.59 Å². The largest absolute Gasteiger partial charge is 0.480 e. The second-order valence-electron chi connectivity index (χ2n) is 5.65. The molecular weight excluding hydrogens is 354 g/mol. The van der Waals surface area contributed by atoms with E-state index in [0.717, 1.165) is 5.56 Å². The van der Waals surface area contributed by atoms with E-state index in [9.17, 15) is 19.2 Å². The fourth-order valence-electron chi connectivity index (χ4n) is 2.28. The molecule has 0 aliphatic rings. The summed E-state index contributed by atoms with van der Waals surface area (Å²) in [5, 5.41) is 19.6. The minimum Gasteiger partial charge on any atom is -0.480 e. The molecule has 8 nitrogen and oxygen atoms in total. The molecule has 0 aliphatic carbocycles. The quantitative estimate of drug-likeness (QED) is 0.376. The van der Waals surface area contributed by atoms with Crippen molar-refractivity contribution in [3.8, 4) is 5.75 Å². The van der Waals surface area contributed by atoms with Crippen molar-refractivity contribution in [1.29, 1.82) is 0 Å². The van der Waals surface area contributed by atoms with Crippen molar-refractivity contribution in [2.75, 3.05) is 0 Å². The van der Waals surface area contributed by atoms with Crippen molar-refractivity contribution >= 4 is 23.8 Å². The summed E-state index contributed by atoms with van der Waals surface area (Å²) in [5.41, 5.74) is 1.34. The summed E-state index contributed by atoms with van der Waals surface area (Å²) >= 11 is 0. The maximum atomic E-state index is 11.9. The first-order chi connectivity index (χ1) is 12.8. The summed E-state index contributed by atoms with van der Waals surface area (Å²) in [6, 6.07) is 13.8. The van der Waals surface area contributed by atoms with Crippen molar-refractivity contribution in [3.05, 3.63) is 65.7 Å². The Hall–Kier alpha value is -3.68. The molecule has 0 aromatic heterocycles. The van der Waals surface area contributed by atoms with E-state index in [1.807, 2.05) is 35.6 Å². The molecular formula is C19H17NO7. The van der Waals surface area contributed by atoms with Crippen LogP contribution in [0.5, 0.6) is 5.75 Å². The molecule has 0 unspecified atom stereocenters. The molecule has 2 aromatic carbocycles. The Morgan fingerprint density at radius 3 is 2.07 bits per heavy atom. The summed E-state index contributed by atoms with van der Waals surface area (Å²) in [4.78, 5) is 44.8. The molecule has 27 heavy (non-hydrogen) atoms. The van der Waals surface area contributed by atoms with Crippen LogP contribution in [-0.2, 0) is 32.0 Å².